The van der Waals surface area contributed by atoms with Gasteiger partial charge in [0.2, 0.25) is 0 Å². The lowest BCUT2D eigenvalue weighted by molar-refractivity contribution is 0.0941. The van der Waals surface area contributed by atoms with Gasteiger partial charge in [-0.05, 0) is 39.0 Å². The molecule has 0 aliphatic heterocycles. The van der Waals surface area contributed by atoms with E-state index in [0.29, 0.717) is 16.1 Å². The molecule has 0 bridgehead atoms. The van der Waals surface area contributed by atoms with E-state index in [0.717, 1.165) is 29.1 Å². The molecule has 0 saturated heterocycles. The maximum atomic E-state index is 12.3. The van der Waals surface area contributed by atoms with E-state index in [2.05, 4.69) is 38.4 Å². The highest BCUT2D eigenvalue weighted by atomic mass is 32.1. The summed E-state index contributed by atoms with van der Waals surface area (Å²) in [5, 5.41) is 11.7. The molecule has 0 atom stereocenters. The van der Waals surface area contributed by atoms with Gasteiger partial charge in [-0.1, -0.05) is 0 Å². The topological polar surface area (TPSA) is 95.6 Å². The molecule has 7 nitrogen and oxygen atoms in total. The Balaban J connectivity index is 1.73. The third-order valence-electron chi connectivity index (χ3n) is 3.89. The number of carbonyl (C=O) groups is 1. The predicted molar refractivity (Wildman–Crippen MR) is 101 cm³/mol. The predicted octanol–water partition coefficient (Wildman–Crippen LogP) is 2.93. The van der Waals surface area contributed by atoms with Crippen molar-refractivity contribution in [1.82, 2.24) is 25.4 Å². The Hall–Kier alpha value is -3.18. The summed E-state index contributed by atoms with van der Waals surface area (Å²) in [4.78, 5) is 21.1. The SMILES string of the molecule is CCn1c(C)nc2cc(C(=O)NN/C=C(\C#N)c3nc(C)cs3)ccc21. The average molecular weight is 366 g/mol. The van der Waals surface area contributed by atoms with Crippen molar-refractivity contribution in [2.45, 2.75) is 27.3 Å². The summed E-state index contributed by atoms with van der Waals surface area (Å²) in [5.41, 5.74) is 8.72. The van der Waals surface area contributed by atoms with E-state index in [1.54, 1.807) is 12.1 Å². The summed E-state index contributed by atoms with van der Waals surface area (Å²) in [6, 6.07) is 7.47. The molecule has 0 saturated carbocycles. The van der Waals surface area contributed by atoms with Gasteiger partial charge >= 0.3 is 0 Å². The molecule has 1 aromatic carbocycles. The Morgan fingerprint density at radius 1 is 1.38 bits per heavy atom. The molecule has 3 rings (SSSR count). The number of hydrazine groups is 1. The minimum absolute atomic E-state index is 0.306. The minimum Gasteiger partial charge on any atom is -0.329 e. The highest BCUT2D eigenvalue weighted by Gasteiger charge is 2.11. The average Bonchev–Trinajstić information content (AvgIpc) is 3.19. The van der Waals surface area contributed by atoms with Crippen molar-refractivity contribution < 1.29 is 4.79 Å². The van der Waals surface area contributed by atoms with Gasteiger partial charge in [-0.25, -0.2) is 9.97 Å². The van der Waals surface area contributed by atoms with E-state index in [-0.39, 0.29) is 5.91 Å². The molecule has 26 heavy (non-hydrogen) atoms. The fourth-order valence-electron chi connectivity index (χ4n) is 2.66. The zero-order chi connectivity index (χ0) is 18.7. The first kappa shape index (κ1) is 17.6. The zero-order valence-electron chi connectivity index (χ0n) is 14.7. The molecule has 2 heterocycles. The molecule has 8 heteroatoms. The molecule has 2 aromatic heterocycles. The van der Waals surface area contributed by atoms with Gasteiger partial charge in [-0.3, -0.25) is 10.2 Å². The van der Waals surface area contributed by atoms with Gasteiger partial charge < -0.3 is 9.99 Å². The Morgan fingerprint density at radius 2 is 2.19 bits per heavy atom. The lowest BCUT2D eigenvalue weighted by atomic mass is 10.2. The number of rotatable bonds is 5. The number of hydrogen-bond donors (Lipinski definition) is 2. The van der Waals surface area contributed by atoms with Gasteiger partial charge in [-0.2, -0.15) is 5.26 Å². The molecule has 0 unspecified atom stereocenters. The molecule has 0 fully saturated rings. The fourth-order valence-corrected chi connectivity index (χ4v) is 3.42. The maximum Gasteiger partial charge on any atom is 0.269 e. The van der Waals surface area contributed by atoms with Crippen LogP contribution < -0.4 is 10.9 Å². The molecule has 0 aliphatic rings. The van der Waals surface area contributed by atoms with E-state index in [4.69, 9.17) is 0 Å². The summed E-state index contributed by atoms with van der Waals surface area (Å²) in [6.45, 7) is 6.69. The van der Waals surface area contributed by atoms with Crippen LogP contribution in [0, 0.1) is 25.2 Å². The first-order valence-electron chi connectivity index (χ1n) is 8.09. The van der Waals surface area contributed by atoms with Gasteiger partial charge in [0.1, 0.15) is 22.5 Å². The standard InChI is InChI=1S/C18H18N6OS/c1-4-24-12(3)22-15-7-13(5-6-16(15)24)17(25)23-20-9-14(8-19)18-21-11(2)10-26-18/h5-7,9-10,20H,4H2,1-3H3,(H,23,25)/b14-9+. The molecular weight excluding hydrogens is 348 g/mol. The second kappa shape index (κ2) is 7.37. The van der Waals surface area contributed by atoms with E-state index in [1.165, 1.54) is 17.5 Å². The summed E-state index contributed by atoms with van der Waals surface area (Å²) in [5.74, 6) is 0.609. The van der Waals surface area contributed by atoms with Crippen molar-refractivity contribution in [3.63, 3.8) is 0 Å². The number of nitriles is 1. The second-order valence-electron chi connectivity index (χ2n) is 5.67. The Morgan fingerprint density at radius 3 is 2.85 bits per heavy atom. The van der Waals surface area contributed by atoms with E-state index in [1.807, 2.05) is 25.3 Å². The largest absolute Gasteiger partial charge is 0.329 e. The molecule has 3 aromatic rings. The van der Waals surface area contributed by atoms with Crippen LogP contribution in [0.3, 0.4) is 0 Å². The van der Waals surface area contributed by atoms with E-state index >= 15 is 0 Å². The highest BCUT2D eigenvalue weighted by molar-refractivity contribution is 7.10. The van der Waals surface area contributed by atoms with Gasteiger partial charge in [-0.15, -0.1) is 11.3 Å². The van der Waals surface area contributed by atoms with Crippen LogP contribution in [0.1, 0.15) is 33.8 Å². The molecule has 0 spiro atoms. The number of benzene rings is 1. The molecule has 132 valence electrons. The van der Waals surface area contributed by atoms with Crippen molar-refractivity contribution in [3.05, 3.63) is 51.9 Å². The zero-order valence-corrected chi connectivity index (χ0v) is 15.5. The highest BCUT2D eigenvalue weighted by Crippen LogP contribution is 2.18. The molecule has 2 N–H and O–H groups in total. The van der Waals surface area contributed by atoms with Crippen LogP contribution in [0.4, 0.5) is 0 Å². The molecule has 1 amide bonds. The summed E-state index contributed by atoms with van der Waals surface area (Å²) < 4.78 is 2.09. The van der Waals surface area contributed by atoms with Gasteiger partial charge in [0.15, 0.2) is 0 Å². The number of allylic oxidation sites excluding steroid dienone is 1. The number of hydrogen-bond acceptors (Lipinski definition) is 6. The van der Waals surface area contributed by atoms with Gasteiger partial charge in [0.05, 0.1) is 11.0 Å². The summed E-state index contributed by atoms with van der Waals surface area (Å²) in [6.07, 6.45) is 1.44. The Kier molecular flexibility index (Phi) is 5.00. The van der Waals surface area contributed by atoms with Crippen LogP contribution >= 0.6 is 11.3 Å². The van der Waals surface area contributed by atoms with Crippen molar-refractivity contribution in [2.24, 2.45) is 0 Å². The van der Waals surface area contributed by atoms with Crippen molar-refractivity contribution >= 4 is 33.9 Å². The van der Waals surface area contributed by atoms with Gasteiger partial charge in [0.25, 0.3) is 5.91 Å². The van der Waals surface area contributed by atoms with Crippen molar-refractivity contribution in [1.29, 1.82) is 5.26 Å². The van der Waals surface area contributed by atoms with Crippen LogP contribution in [-0.2, 0) is 6.54 Å². The Bertz CT molecular complexity index is 1040. The molecule has 0 aliphatic carbocycles. The molecule has 0 radical (unpaired) electrons. The number of amides is 1. The van der Waals surface area contributed by atoms with Crippen LogP contribution in [0.25, 0.3) is 16.6 Å². The number of imidazole rings is 1. The fraction of sp³-hybridized carbons (Fsp3) is 0.222. The van der Waals surface area contributed by atoms with Crippen LogP contribution in [-0.4, -0.2) is 20.4 Å². The van der Waals surface area contributed by atoms with Crippen LogP contribution in [0.2, 0.25) is 0 Å². The van der Waals surface area contributed by atoms with Gasteiger partial charge in [0, 0.05) is 29.4 Å². The summed E-state index contributed by atoms with van der Waals surface area (Å²) in [7, 11) is 0. The number of aromatic nitrogens is 3. The smallest absolute Gasteiger partial charge is 0.269 e. The number of fused-ring (bicyclic) bond motifs is 1. The number of nitrogens with one attached hydrogen (secondary N) is 2. The minimum atomic E-state index is -0.306. The third kappa shape index (κ3) is 3.43. The molecular formula is C18H18N6OS. The summed E-state index contributed by atoms with van der Waals surface area (Å²) >= 11 is 1.38. The maximum absolute atomic E-state index is 12.3. The third-order valence-corrected chi connectivity index (χ3v) is 4.88. The second-order valence-corrected chi connectivity index (χ2v) is 6.53. The van der Waals surface area contributed by atoms with E-state index < -0.39 is 0 Å². The first-order valence-corrected chi connectivity index (χ1v) is 8.97. The number of aryl methyl sites for hydroxylation is 3. The normalized spacial score (nSPS) is 11.4. The van der Waals surface area contributed by atoms with Crippen LogP contribution in [0.15, 0.2) is 29.8 Å². The lowest BCUT2D eigenvalue weighted by Gasteiger charge is -2.06. The lowest BCUT2D eigenvalue weighted by Crippen LogP contribution is -2.33. The van der Waals surface area contributed by atoms with Crippen LogP contribution in [0.5, 0.6) is 0 Å². The quantitative estimate of drug-likeness (QED) is 0.535. The van der Waals surface area contributed by atoms with Crippen molar-refractivity contribution in [2.75, 3.05) is 0 Å². The van der Waals surface area contributed by atoms with E-state index in [9.17, 15) is 10.1 Å². The number of carbonyl (C=O) groups excluding carboxylic acids is 1. The number of thiazole rings is 1. The monoisotopic (exact) mass is 366 g/mol. The van der Waals surface area contributed by atoms with Crippen molar-refractivity contribution in [3.8, 4) is 6.07 Å². The number of nitrogens with zero attached hydrogens (tertiary/aromatic N) is 4. The first-order chi connectivity index (χ1) is 12.5. The Labute approximate surface area is 155 Å².